The van der Waals surface area contributed by atoms with E-state index in [4.69, 9.17) is 4.99 Å². The molecule has 1 fully saturated rings. The molecule has 0 amide bonds. The first kappa shape index (κ1) is 11.0. The van der Waals surface area contributed by atoms with Gasteiger partial charge in [0.05, 0.1) is 16.3 Å². The fourth-order valence-corrected chi connectivity index (χ4v) is 3.39. The van der Waals surface area contributed by atoms with E-state index in [9.17, 15) is 0 Å². The second-order valence-electron chi connectivity index (χ2n) is 4.52. The Morgan fingerprint density at radius 1 is 1.29 bits per heavy atom. The van der Waals surface area contributed by atoms with Gasteiger partial charge in [0.15, 0.2) is 4.80 Å². The van der Waals surface area contributed by atoms with Gasteiger partial charge in [0.2, 0.25) is 0 Å². The van der Waals surface area contributed by atoms with Crippen molar-refractivity contribution in [2.24, 2.45) is 12.0 Å². The molecular weight excluding hydrogens is 230 g/mol. The van der Waals surface area contributed by atoms with Gasteiger partial charge in [0, 0.05) is 7.05 Å². The van der Waals surface area contributed by atoms with Gasteiger partial charge in [0.25, 0.3) is 0 Å². The summed E-state index contributed by atoms with van der Waals surface area (Å²) in [6, 6.07) is 9.00. The molecule has 2 heterocycles. The molecule has 0 saturated carbocycles. The highest BCUT2D eigenvalue weighted by Crippen LogP contribution is 2.16. The summed E-state index contributed by atoms with van der Waals surface area (Å²) in [5, 5.41) is 3.38. The van der Waals surface area contributed by atoms with Gasteiger partial charge in [-0.3, -0.25) is 4.99 Å². The van der Waals surface area contributed by atoms with Crippen LogP contribution in [0.4, 0.5) is 0 Å². The fourth-order valence-electron chi connectivity index (χ4n) is 2.30. The number of nitrogens with zero attached hydrogens (tertiary/aromatic N) is 2. The van der Waals surface area contributed by atoms with E-state index in [0.29, 0.717) is 6.04 Å². The monoisotopic (exact) mass is 247 g/mol. The van der Waals surface area contributed by atoms with Crippen LogP contribution in [0.15, 0.2) is 29.3 Å². The quantitative estimate of drug-likeness (QED) is 0.819. The predicted octanol–water partition coefficient (Wildman–Crippen LogP) is 1.89. The van der Waals surface area contributed by atoms with Crippen LogP contribution in [0.25, 0.3) is 10.2 Å². The highest BCUT2D eigenvalue weighted by molar-refractivity contribution is 7.16. The van der Waals surface area contributed by atoms with E-state index in [1.165, 1.54) is 10.2 Å². The van der Waals surface area contributed by atoms with Crippen molar-refractivity contribution < 1.29 is 0 Å². The van der Waals surface area contributed by atoms with Crippen molar-refractivity contribution in [2.75, 3.05) is 13.1 Å². The van der Waals surface area contributed by atoms with E-state index in [0.717, 1.165) is 30.7 Å². The van der Waals surface area contributed by atoms with Crippen LogP contribution in [0, 0.1) is 0 Å². The Labute approximate surface area is 105 Å². The minimum absolute atomic E-state index is 0.496. The zero-order valence-corrected chi connectivity index (χ0v) is 10.8. The van der Waals surface area contributed by atoms with Crippen LogP contribution in [0.5, 0.6) is 0 Å². The minimum atomic E-state index is 0.496. The van der Waals surface area contributed by atoms with Crippen LogP contribution < -0.4 is 10.1 Å². The Morgan fingerprint density at radius 3 is 2.82 bits per heavy atom. The molecule has 17 heavy (non-hydrogen) atoms. The maximum Gasteiger partial charge on any atom is 0.185 e. The number of rotatable bonds is 1. The summed E-state index contributed by atoms with van der Waals surface area (Å²) in [5.41, 5.74) is 1.28. The van der Waals surface area contributed by atoms with Gasteiger partial charge < -0.3 is 9.88 Å². The smallest absolute Gasteiger partial charge is 0.185 e. The van der Waals surface area contributed by atoms with Crippen LogP contribution in [0.1, 0.15) is 12.8 Å². The summed E-state index contributed by atoms with van der Waals surface area (Å²) >= 11 is 1.79. The number of hydrogen-bond acceptors (Lipinski definition) is 3. The normalized spacial score (nSPS) is 19.0. The van der Waals surface area contributed by atoms with Gasteiger partial charge in [-0.2, -0.15) is 0 Å². The summed E-state index contributed by atoms with van der Waals surface area (Å²) in [4.78, 5) is 6.05. The number of fused-ring (bicyclic) bond motifs is 1. The molecule has 3 nitrogen and oxygen atoms in total. The zero-order valence-electron chi connectivity index (χ0n) is 10.0. The maximum absolute atomic E-state index is 4.90. The fraction of sp³-hybridized carbons (Fsp3) is 0.462. The highest BCUT2D eigenvalue weighted by Gasteiger charge is 2.11. The largest absolute Gasteiger partial charge is 0.320 e. The number of hydrogen-bond donors (Lipinski definition) is 1. The number of piperidine rings is 1. The van der Waals surface area contributed by atoms with Gasteiger partial charge in [-0.05, 0) is 38.1 Å². The lowest BCUT2D eigenvalue weighted by atomic mass is 10.1. The first-order chi connectivity index (χ1) is 8.34. The van der Waals surface area contributed by atoms with Crippen molar-refractivity contribution in [3.63, 3.8) is 0 Å². The van der Waals surface area contributed by atoms with E-state index < -0.39 is 0 Å². The van der Waals surface area contributed by atoms with Crippen molar-refractivity contribution in [1.82, 2.24) is 9.88 Å². The van der Waals surface area contributed by atoms with E-state index in [1.54, 1.807) is 11.3 Å². The second kappa shape index (κ2) is 4.63. The third kappa shape index (κ3) is 2.15. The Hall–Kier alpha value is -1.13. The molecule has 1 aromatic heterocycles. The SMILES string of the molecule is Cn1/c(=N\C2CCNCC2)sc2ccccc21. The maximum atomic E-state index is 4.90. The van der Waals surface area contributed by atoms with Crippen molar-refractivity contribution >= 4 is 21.6 Å². The number of nitrogens with one attached hydrogen (secondary N) is 1. The molecule has 1 saturated heterocycles. The summed E-state index contributed by atoms with van der Waals surface area (Å²) in [6.07, 6.45) is 2.32. The molecule has 4 heteroatoms. The molecule has 0 bridgehead atoms. The molecule has 0 aliphatic carbocycles. The van der Waals surface area contributed by atoms with Gasteiger partial charge in [-0.25, -0.2) is 0 Å². The first-order valence-electron chi connectivity index (χ1n) is 6.14. The van der Waals surface area contributed by atoms with Crippen LogP contribution in [-0.2, 0) is 7.05 Å². The van der Waals surface area contributed by atoms with E-state index in [1.807, 2.05) is 0 Å². The molecule has 1 aromatic carbocycles. The molecule has 3 rings (SSSR count). The zero-order chi connectivity index (χ0) is 11.7. The van der Waals surface area contributed by atoms with E-state index >= 15 is 0 Å². The van der Waals surface area contributed by atoms with Crippen molar-refractivity contribution in [1.29, 1.82) is 0 Å². The Kier molecular flexibility index (Phi) is 2.99. The van der Waals surface area contributed by atoms with Crippen LogP contribution in [0.2, 0.25) is 0 Å². The van der Waals surface area contributed by atoms with Gasteiger partial charge >= 0.3 is 0 Å². The number of benzene rings is 1. The lowest BCUT2D eigenvalue weighted by Gasteiger charge is -2.18. The topological polar surface area (TPSA) is 29.3 Å². The molecule has 90 valence electrons. The number of aryl methyl sites for hydroxylation is 1. The van der Waals surface area contributed by atoms with Crippen LogP contribution >= 0.6 is 11.3 Å². The Morgan fingerprint density at radius 2 is 2.06 bits per heavy atom. The van der Waals surface area contributed by atoms with E-state index in [-0.39, 0.29) is 0 Å². The molecule has 1 aliphatic rings. The van der Waals surface area contributed by atoms with Crippen LogP contribution in [0.3, 0.4) is 0 Å². The molecule has 2 aromatic rings. The third-order valence-corrected chi connectivity index (χ3v) is 4.44. The average molecular weight is 247 g/mol. The molecule has 1 N–H and O–H groups in total. The number of thiazole rings is 1. The molecule has 0 atom stereocenters. The molecule has 0 unspecified atom stereocenters. The lowest BCUT2D eigenvalue weighted by Crippen LogP contribution is -2.31. The van der Waals surface area contributed by atoms with Crippen molar-refractivity contribution in [2.45, 2.75) is 18.9 Å². The first-order valence-corrected chi connectivity index (χ1v) is 6.95. The predicted molar refractivity (Wildman–Crippen MR) is 72.3 cm³/mol. The second-order valence-corrected chi connectivity index (χ2v) is 5.53. The van der Waals surface area contributed by atoms with Crippen LogP contribution in [-0.4, -0.2) is 23.7 Å². The standard InChI is InChI=1S/C13H17N3S/c1-16-11-4-2-3-5-12(11)17-13(16)15-10-6-8-14-9-7-10/h2-5,10,14H,6-9H2,1H3/b15-13+. The average Bonchev–Trinajstić information content (AvgIpc) is 2.68. The van der Waals surface area contributed by atoms with Crippen molar-refractivity contribution in [3.05, 3.63) is 29.1 Å². The van der Waals surface area contributed by atoms with Gasteiger partial charge in [-0.15, -0.1) is 0 Å². The Balaban J connectivity index is 2.04. The number of para-hydroxylation sites is 1. The summed E-state index contributed by atoms with van der Waals surface area (Å²) in [7, 11) is 2.11. The summed E-state index contributed by atoms with van der Waals surface area (Å²) in [5.74, 6) is 0. The summed E-state index contributed by atoms with van der Waals surface area (Å²) in [6.45, 7) is 2.20. The van der Waals surface area contributed by atoms with E-state index in [2.05, 4.69) is 41.2 Å². The number of aromatic nitrogens is 1. The third-order valence-electron chi connectivity index (χ3n) is 3.32. The van der Waals surface area contributed by atoms with Gasteiger partial charge in [0.1, 0.15) is 0 Å². The van der Waals surface area contributed by atoms with Crippen molar-refractivity contribution in [3.8, 4) is 0 Å². The highest BCUT2D eigenvalue weighted by atomic mass is 32.1. The minimum Gasteiger partial charge on any atom is -0.320 e. The Bertz CT molecular complexity index is 576. The summed E-state index contributed by atoms with van der Waals surface area (Å²) < 4.78 is 3.53. The molecule has 0 radical (unpaired) electrons. The van der Waals surface area contributed by atoms with Gasteiger partial charge in [-0.1, -0.05) is 23.5 Å². The molecular formula is C13H17N3S. The molecule has 0 spiro atoms. The molecule has 1 aliphatic heterocycles. The lowest BCUT2D eigenvalue weighted by molar-refractivity contribution is 0.452.